The molecule has 4 aromatic carbocycles. The number of hydrazone groups is 1. The van der Waals surface area contributed by atoms with E-state index in [-0.39, 0.29) is 30.7 Å². The zero-order valence-corrected chi connectivity index (χ0v) is 22.0. The van der Waals surface area contributed by atoms with Gasteiger partial charge in [0.2, 0.25) is 5.91 Å². The summed E-state index contributed by atoms with van der Waals surface area (Å²) in [6.45, 7) is 2.46. The summed E-state index contributed by atoms with van der Waals surface area (Å²) in [6.07, 6.45) is 1.49. The van der Waals surface area contributed by atoms with Gasteiger partial charge in [0.1, 0.15) is 12.4 Å². The molecule has 40 heavy (non-hydrogen) atoms. The average molecular weight is 540 g/mol. The number of carbonyl (C=O) groups excluding carboxylic acids is 2. The van der Waals surface area contributed by atoms with Gasteiger partial charge in [0.25, 0.3) is 5.91 Å². The molecule has 4 aromatic rings. The van der Waals surface area contributed by atoms with Gasteiger partial charge in [0, 0.05) is 5.56 Å². The highest BCUT2D eigenvalue weighted by Crippen LogP contribution is 2.29. The van der Waals surface area contributed by atoms with Crippen molar-refractivity contribution in [2.45, 2.75) is 26.0 Å². The molecule has 0 radical (unpaired) electrons. The van der Waals surface area contributed by atoms with Gasteiger partial charge in [0.15, 0.2) is 11.5 Å². The minimum atomic E-state index is -0.539. The van der Waals surface area contributed by atoms with E-state index in [0.29, 0.717) is 34.8 Å². The van der Waals surface area contributed by atoms with Crippen LogP contribution in [0.15, 0.2) is 108 Å². The zero-order chi connectivity index (χ0) is 28.2. The lowest BCUT2D eigenvalue weighted by Crippen LogP contribution is -2.32. The van der Waals surface area contributed by atoms with Crippen molar-refractivity contribution in [2.24, 2.45) is 5.10 Å². The molecule has 0 saturated carbocycles. The Bertz CT molecular complexity index is 1450. The van der Waals surface area contributed by atoms with Crippen molar-refractivity contribution in [1.29, 1.82) is 0 Å². The van der Waals surface area contributed by atoms with Gasteiger partial charge in [-0.3, -0.25) is 9.59 Å². The van der Waals surface area contributed by atoms with Gasteiger partial charge in [-0.2, -0.15) is 5.10 Å². The number of nitrogens with one attached hydrogen (secondary N) is 2. The highest BCUT2D eigenvalue weighted by molar-refractivity contribution is 5.94. The zero-order valence-electron chi connectivity index (χ0n) is 22.0. The molecule has 0 spiro atoms. The largest absolute Gasteiger partial charge is 0.490 e. The molecule has 0 fully saturated rings. The van der Waals surface area contributed by atoms with E-state index >= 15 is 0 Å². The molecule has 2 N–H and O–H groups in total. The number of rotatable bonds is 12. The van der Waals surface area contributed by atoms with Gasteiger partial charge < -0.3 is 14.8 Å². The van der Waals surface area contributed by atoms with Gasteiger partial charge in [-0.15, -0.1) is 0 Å². The second kappa shape index (κ2) is 14.2. The third kappa shape index (κ3) is 8.26. The lowest BCUT2D eigenvalue weighted by atomic mass is 10.0. The summed E-state index contributed by atoms with van der Waals surface area (Å²) in [5, 5.41) is 7.02. The quantitative estimate of drug-likeness (QED) is 0.176. The number of ether oxygens (including phenoxy) is 2. The van der Waals surface area contributed by atoms with Crippen molar-refractivity contribution in [1.82, 2.24) is 10.7 Å². The van der Waals surface area contributed by atoms with Crippen molar-refractivity contribution < 1.29 is 23.5 Å². The van der Waals surface area contributed by atoms with Crippen molar-refractivity contribution >= 4 is 18.0 Å². The molecule has 4 rings (SSSR count). The van der Waals surface area contributed by atoms with Crippen LogP contribution in [0.5, 0.6) is 11.5 Å². The first-order chi connectivity index (χ1) is 19.5. The molecule has 1 atom stereocenters. The van der Waals surface area contributed by atoms with Crippen LogP contribution in [0.25, 0.3) is 0 Å². The molecule has 0 bridgehead atoms. The van der Waals surface area contributed by atoms with E-state index in [9.17, 15) is 14.0 Å². The maximum atomic E-state index is 13.5. The maximum absolute atomic E-state index is 13.5. The fourth-order valence-corrected chi connectivity index (χ4v) is 3.96. The first kappa shape index (κ1) is 28.0. The average Bonchev–Trinajstić information content (AvgIpc) is 2.97. The number of nitrogens with zero attached hydrogens (tertiary/aromatic N) is 1. The number of carbonyl (C=O) groups is 2. The fraction of sp³-hybridized carbons (Fsp3) is 0.156. The predicted molar refractivity (Wildman–Crippen MR) is 152 cm³/mol. The van der Waals surface area contributed by atoms with Crippen molar-refractivity contribution in [3.8, 4) is 11.5 Å². The molecule has 7 nitrogen and oxygen atoms in total. The highest BCUT2D eigenvalue weighted by atomic mass is 19.1. The second-order valence-electron chi connectivity index (χ2n) is 8.86. The second-order valence-corrected chi connectivity index (χ2v) is 8.86. The van der Waals surface area contributed by atoms with E-state index in [1.165, 1.54) is 18.3 Å². The van der Waals surface area contributed by atoms with E-state index in [4.69, 9.17) is 9.47 Å². The number of hydrogen-bond acceptors (Lipinski definition) is 5. The summed E-state index contributed by atoms with van der Waals surface area (Å²) in [5.74, 6) is 0.0509. The number of halogens is 1. The summed E-state index contributed by atoms with van der Waals surface area (Å²) >= 11 is 0. The van der Waals surface area contributed by atoms with Gasteiger partial charge in [-0.25, -0.2) is 9.82 Å². The van der Waals surface area contributed by atoms with Gasteiger partial charge >= 0.3 is 0 Å². The Kier molecular flexibility index (Phi) is 9.99. The van der Waals surface area contributed by atoms with Gasteiger partial charge in [-0.1, -0.05) is 60.7 Å². The summed E-state index contributed by atoms with van der Waals surface area (Å²) in [4.78, 5) is 25.5. The van der Waals surface area contributed by atoms with Crippen LogP contribution in [0, 0.1) is 5.82 Å². The van der Waals surface area contributed by atoms with E-state index in [2.05, 4.69) is 15.8 Å². The standard InChI is InChI=1S/C32H30FN3O4/c1-2-39-30-19-23(16-17-29(30)40-22-24-10-9-15-27(33)18-24)21-34-36-31(37)20-28(25-11-5-3-6-12-25)35-32(38)26-13-7-4-8-14-26/h3-19,21,28H,2,20,22H2,1H3,(H,35,38)(H,36,37)/b34-21-/t28-/m1/s1. The van der Waals surface area contributed by atoms with E-state index in [1.54, 1.807) is 54.6 Å². The van der Waals surface area contributed by atoms with Crippen LogP contribution in [0.2, 0.25) is 0 Å². The molecule has 0 heterocycles. The molecule has 8 heteroatoms. The minimum absolute atomic E-state index is 0.00300. The summed E-state index contributed by atoms with van der Waals surface area (Å²) in [6, 6.07) is 29.1. The number of hydrogen-bond donors (Lipinski definition) is 2. The Morgan fingerprint density at radius 2 is 1.62 bits per heavy atom. The smallest absolute Gasteiger partial charge is 0.251 e. The van der Waals surface area contributed by atoms with Crippen LogP contribution >= 0.6 is 0 Å². The van der Waals surface area contributed by atoms with Crippen LogP contribution in [-0.4, -0.2) is 24.6 Å². The lowest BCUT2D eigenvalue weighted by molar-refractivity contribution is -0.121. The van der Waals surface area contributed by atoms with Crippen molar-refractivity contribution in [3.05, 3.63) is 131 Å². The molecular formula is C32H30FN3O4. The normalized spacial score (nSPS) is 11.6. The number of benzene rings is 4. The van der Waals surface area contributed by atoms with Crippen molar-refractivity contribution in [3.63, 3.8) is 0 Å². The van der Waals surface area contributed by atoms with Crippen LogP contribution in [0.1, 0.15) is 46.4 Å². The Labute approximate surface area is 232 Å². The number of amides is 2. The summed E-state index contributed by atoms with van der Waals surface area (Å²) < 4.78 is 25.0. The molecule has 0 aliphatic rings. The van der Waals surface area contributed by atoms with Crippen LogP contribution < -0.4 is 20.2 Å². The Morgan fingerprint density at radius 1 is 0.875 bits per heavy atom. The first-order valence-corrected chi connectivity index (χ1v) is 12.9. The molecular weight excluding hydrogens is 509 g/mol. The van der Waals surface area contributed by atoms with E-state index in [1.807, 2.05) is 43.3 Å². The predicted octanol–water partition coefficient (Wildman–Crippen LogP) is 5.81. The minimum Gasteiger partial charge on any atom is -0.490 e. The third-order valence-electron chi connectivity index (χ3n) is 5.89. The van der Waals surface area contributed by atoms with Gasteiger partial charge in [-0.05, 0) is 66.1 Å². The molecule has 0 aliphatic carbocycles. The first-order valence-electron chi connectivity index (χ1n) is 12.9. The molecule has 0 saturated heterocycles. The lowest BCUT2D eigenvalue weighted by Gasteiger charge is -2.18. The molecule has 204 valence electrons. The topological polar surface area (TPSA) is 89.0 Å². The third-order valence-corrected chi connectivity index (χ3v) is 5.89. The molecule has 0 unspecified atom stereocenters. The SMILES string of the molecule is CCOc1cc(/C=N\NC(=O)C[C@@H](NC(=O)c2ccccc2)c2ccccc2)ccc1OCc1cccc(F)c1. The monoisotopic (exact) mass is 539 g/mol. The van der Waals surface area contributed by atoms with Crippen molar-refractivity contribution in [2.75, 3.05) is 6.61 Å². The van der Waals surface area contributed by atoms with E-state index < -0.39 is 6.04 Å². The Morgan fingerprint density at radius 3 is 2.35 bits per heavy atom. The van der Waals surface area contributed by atoms with Crippen LogP contribution in [-0.2, 0) is 11.4 Å². The highest BCUT2D eigenvalue weighted by Gasteiger charge is 2.19. The van der Waals surface area contributed by atoms with Crippen LogP contribution in [0.4, 0.5) is 4.39 Å². The Balaban J connectivity index is 1.38. The summed E-state index contributed by atoms with van der Waals surface area (Å²) in [7, 11) is 0. The molecule has 2 amide bonds. The molecule has 0 aliphatic heterocycles. The van der Waals surface area contributed by atoms with Gasteiger partial charge in [0.05, 0.1) is 25.3 Å². The maximum Gasteiger partial charge on any atom is 0.251 e. The fourth-order valence-electron chi connectivity index (χ4n) is 3.96. The van der Waals surface area contributed by atoms with Crippen LogP contribution in [0.3, 0.4) is 0 Å². The van der Waals surface area contributed by atoms with E-state index in [0.717, 1.165) is 5.56 Å². The Hall–Kier alpha value is -4.98. The molecule has 0 aromatic heterocycles. The summed E-state index contributed by atoms with van der Waals surface area (Å²) in [5.41, 5.74) is 5.23.